The predicted molar refractivity (Wildman–Crippen MR) is 76.8 cm³/mol. The molecule has 1 aromatic heterocycles. The van der Waals surface area contributed by atoms with Gasteiger partial charge in [-0.25, -0.2) is 4.79 Å². The maximum Gasteiger partial charge on any atom is 0.339 e. The Morgan fingerprint density at radius 1 is 1.29 bits per heavy atom. The summed E-state index contributed by atoms with van der Waals surface area (Å²) in [6.45, 7) is 1.08. The van der Waals surface area contributed by atoms with Crippen LogP contribution < -0.4 is 0 Å². The van der Waals surface area contributed by atoms with Crippen LogP contribution in [0.1, 0.15) is 25.6 Å². The molecule has 0 aliphatic carbocycles. The molecule has 0 bridgehead atoms. The molecular weight excluding hydrogens is 294 g/mol. The Morgan fingerprint density at radius 3 is 2.67 bits per heavy atom. The number of Topliss-reactive ketones (excluding diaryl/α,β-unsaturated/α-hetero) is 1. The number of carbonyl (C=O) groups is 2. The number of ketones is 1. The van der Waals surface area contributed by atoms with Gasteiger partial charge in [0.05, 0.1) is 15.4 Å². The fourth-order valence-electron chi connectivity index (χ4n) is 1.76. The van der Waals surface area contributed by atoms with Gasteiger partial charge in [0.15, 0.2) is 6.61 Å². The minimum absolute atomic E-state index is 0.0863. The van der Waals surface area contributed by atoms with Crippen LogP contribution in [0.3, 0.4) is 0 Å². The molecule has 21 heavy (non-hydrogen) atoms. The summed E-state index contributed by atoms with van der Waals surface area (Å²) in [5.41, 5.74) is 0.147. The molecule has 0 saturated carbocycles. The third kappa shape index (κ3) is 3.32. The molecule has 2 rings (SSSR count). The van der Waals surface area contributed by atoms with E-state index in [0.717, 1.165) is 0 Å². The Kier molecular flexibility index (Phi) is 4.44. The van der Waals surface area contributed by atoms with Crippen LogP contribution in [0, 0.1) is 17.0 Å². The second-order valence-corrected chi connectivity index (χ2v) is 5.13. The highest BCUT2D eigenvalue weighted by molar-refractivity contribution is 7.12. The topological polar surface area (TPSA) is 86.5 Å². The molecule has 1 heterocycles. The number of hydrogen-bond donors (Lipinski definition) is 0. The van der Waals surface area contributed by atoms with E-state index in [-0.39, 0.29) is 29.2 Å². The van der Waals surface area contributed by atoms with E-state index in [1.165, 1.54) is 36.5 Å². The van der Waals surface area contributed by atoms with Crippen molar-refractivity contribution in [3.8, 4) is 0 Å². The Hall–Kier alpha value is -2.54. The first kappa shape index (κ1) is 14.9. The fourth-order valence-corrected chi connectivity index (χ4v) is 2.41. The van der Waals surface area contributed by atoms with Crippen LogP contribution in [-0.4, -0.2) is 23.3 Å². The molecule has 1 aromatic carbocycles. The number of esters is 1. The van der Waals surface area contributed by atoms with Crippen molar-refractivity contribution in [3.63, 3.8) is 0 Å². The van der Waals surface area contributed by atoms with Gasteiger partial charge in [-0.05, 0) is 24.4 Å². The molecule has 0 aliphatic heterocycles. The maximum absolute atomic E-state index is 11.9. The second-order valence-electron chi connectivity index (χ2n) is 4.18. The Morgan fingerprint density at radius 2 is 2.05 bits per heavy atom. The summed E-state index contributed by atoms with van der Waals surface area (Å²) in [7, 11) is 0. The highest BCUT2D eigenvalue weighted by Crippen LogP contribution is 2.21. The van der Waals surface area contributed by atoms with Gasteiger partial charge in [0.1, 0.15) is 0 Å². The first-order chi connectivity index (χ1) is 10.0. The molecule has 0 aliphatic rings. The van der Waals surface area contributed by atoms with Crippen LogP contribution in [0.4, 0.5) is 5.69 Å². The second kappa shape index (κ2) is 6.27. The van der Waals surface area contributed by atoms with Crippen molar-refractivity contribution in [1.82, 2.24) is 0 Å². The van der Waals surface area contributed by atoms with Crippen molar-refractivity contribution >= 4 is 28.8 Å². The summed E-state index contributed by atoms with van der Waals surface area (Å²) in [4.78, 5) is 34.4. The molecule has 0 radical (unpaired) electrons. The van der Waals surface area contributed by atoms with Gasteiger partial charge in [0.25, 0.3) is 5.69 Å². The lowest BCUT2D eigenvalue weighted by atomic mass is 10.1. The third-order valence-corrected chi connectivity index (χ3v) is 3.76. The Bertz CT molecular complexity index is 693. The fraction of sp³-hybridized carbons (Fsp3) is 0.143. The van der Waals surface area contributed by atoms with Crippen LogP contribution in [0.2, 0.25) is 0 Å². The molecule has 0 unspecified atom stereocenters. The molecule has 0 saturated heterocycles. The summed E-state index contributed by atoms with van der Waals surface area (Å²) >= 11 is 1.26. The predicted octanol–water partition coefficient (Wildman–Crippen LogP) is 3.00. The highest BCUT2D eigenvalue weighted by atomic mass is 32.1. The number of rotatable bonds is 5. The van der Waals surface area contributed by atoms with E-state index in [0.29, 0.717) is 4.88 Å². The molecule has 108 valence electrons. The van der Waals surface area contributed by atoms with Crippen LogP contribution in [-0.2, 0) is 4.74 Å². The van der Waals surface area contributed by atoms with E-state index in [1.54, 1.807) is 17.5 Å². The van der Waals surface area contributed by atoms with Crippen molar-refractivity contribution in [2.75, 3.05) is 6.61 Å². The average Bonchev–Trinajstić information content (AvgIpc) is 2.98. The van der Waals surface area contributed by atoms with Crippen LogP contribution >= 0.6 is 11.3 Å². The van der Waals surface area contributed by atoms with Gasteiger partial charge in [0.2, 0.25) is 5.78 Å². The highest BCUT2D eigenvalue weighted by Gasteiger charge is 2.20. The molecule has 2 aromatic rings. The zero-order chi connectivity index (χ0) is 15.4. The molecular formula is C14H11NO5S. The van der Waals surface area contributed by atoms with Gasteiger partial charge >= 0.3 is 5.97 Å². The maximum atomic E-state index is 11.9. The Balaban J connectivity index is 2.09. The van der Waals surface area contributed by atoms with E-state index in [1.807, 2.05) is 0 Å². The zero-order valence-electron chi connectivity index (χ0n) is 11.1. The lowest BCUT2D eigenvalue weighted by Crippen LogP contribution is -2.14. The minimum atomic E-state index is -0.749. The van der Waals surface area contributed by atoms with Gasteiger partial charge < -0.3 is 4.74 Å². The van der Waals surface area contributed by atoms with Crippen molar-refractivity contribution < 1.29 is 19.2 Å². The van der Waals surface area contributed by atoms with Gasteiger partial charge in [-0.2, -0.15) is 0 Å². The van der Waals surface area contributed by atoms with Crippen LogP contribution in [0.5, 0.6) is 0 Å². The SMILES string of the molecule is Cc1c(C(=O)OCC(=O)c2cccs2)cccc1[N+](=O)[O-]. The number of nitro groups is 1. The average molecular weight is 305 g/mol. The van der Waals surface area contributed by atoms with Crippen LogP contribution in [0.25, 0.3) is 0 Å². The molecule has 6 nitrogen and oxygen atoms in total. The number of thiophene rings is 1. The van der Waals surface area contributed by atoms with E-state index < -0.39 is 10.9 Å². The van der Waals surface area contributed by atoms with E-state index in [2.05, 4.69) is 0 Å². The van der Waals surface area contributed by atoms with Gasteiger partial charge in [-0.15, -0.1) is 11.3 Å². The molecule has 7 heteroatoms. The van der Waals surface area contributed by atoms with E-state index in [4.69, 9.17) is 4.74 Å². The number of benzene rings is 1. The monoisotopic (exact) mass is 305 g/mol. The quantitative estimate of drug-likeness (QED) is 0.367. The Labute approximate surface area is 124 Å². The van der Waals surface area contributed by atoms with Gasteiger partial charge in [-0.3, -0.25) is 14.9 Å². The van der Waals surface area contributed by atoms with E-state index in [9.17, 15) is 19.7 Å². The first-order valence-electron chi connectivity index (χ1n) is 5.98. The molecule has 0 fully saturated rings. The smallest absolute Gasteiger partial charge is 0.339 e. The summed E-state index contributed by atoms with van der Waals surface area (Å²) in [5.74, 6) is -1.05. The summed E-state index contributed by atoms with van der Waals surface area (Å²) in [5, 5.41) is 12.6. The lowest BCUT2D eigenvalue weighted by Gasteiger charge is -2.06. The number of ether oxygens (including phenoxy) is 1. The normalized spacial score (nSPS) is 10.1. The number of nitro benzene ring substituents is 1. The van der Waals surface area contributed by atoms with Crippen molar-refractivity contribution in [2.45, 2.75) is 6.92 Å². The first-order valence-corrected chi connectivity index (χ1v) is 6.86. The standard InChI is InChI=1S/C14H11NO5S/c1-9-10(4-2-5-11(9)15(18)19)14(17)20-8-12(16)13-6-3-7-21-13/h2-7H,8H2,1H3. The summed E-state index contributed by atoms with van der Waals surface area (Å²) < 4.78 is 4.92. The van der Waals surface area contributed by atoms with E-state index >= 15 is 0 Å². The largest absolute Gasteiger partial charge is 0.454 e. The lowest BCUT2D eigenvalue weighted by molar-refractivity contribution is -0.385. The number of hydrogen-bond acceptors (Lipinski definition) is 6. The summed E-state index contributed by atoms with van der Waals surface area (Å²) in [6.07, 6.45) is 0. The molecule has 0 spiro atoms. The molecule has 0 atom stereocenters. The zero-order valence-corrected chi connectivity index (χ0v) is 11.9. The molecule has 0 amide bonds. The third-order valence-electron chi connectivity index (χ3n) is 2.85. The van der Waals surface area contributed by atoms with Crippen molar-refractivity contribution in [2.24, 2.45) is 0 Å². The number of carbonyl (C=O) groups excluding carboxylic acids is 2. The summed E-state index contributed by atoms with van der Waals surface area (Å²) in [6, 6.07) is 7.51. The van der Waals surface area contributed by atoms with Crippen molar-refractivity contribution in [1.29, 1.82) is 0 Å². The van der Waals surface area contributed by atoms with Gasteiger partial charge in [-0.1, -0.05) is 12.1 Å². The molecule has 0 N–H and O–H groups in total. The van der Waals surface area contributed by atoms with Crippen molar-refractivity contribution in [3.05, 3.63) is 61.8 Å². The minimum Gasteiger partial charge on any atom is -0.454 e. The van der Waals surface area contributed by atoms with Gasteiger partial charge in [0, 0.05) is 11.6 Å². The van der Waals surface area contributed by atoms with Crippen LogP contribution in [0.15, 0.2) is 35.7 Å². The number of nitrogens with zero attached hydrogens (tertiary/aromatic N) is 1.